The molecule has 1 aromatic rings. The molecule has 4 nitrogen and oxygen atoms in total. The van der Waals surface area contributed by atoms with Crippen molar-refractivity contribution in [2.75, 3.05) is 32.8 Å². The van der Waals surface area contributed by atoms with Crippen LogP contribution in [0.5, 0.6) is 0 Å². The zero-order chi connectivity index (χ0) is 15.9. The highest BCUT2D eigenvalue weighted by molar-refractivity contribution is 9.10. The maximum atomic E-state index is 9.92. The summed E-state index contributed by atoms with van der Waals surface area (Å²) < 4.78 is 6.46. The lowest BCUT2D eigenvalue weighted by atomic mass is 9.71. The molecule has 0 bridgehead atoms. The van der Waals surface area contributed by atoms with Gasteiger partial charge in [0.1, 0.15) is 5.76 Å². The summed E-state index contributed by atoms with van der Waals surface area (Å²) in [6.45, 7) is 5.82. The van der Waals surface area contributed by atoms with E-state index in [9.17, 15) is 5.11 Å². The van der Waals surface area contributed by atoms with Crippen molar-refractivity contribution in [3.05, 3.63) is 22.6 Å². The van der Waals surface area contributed by atoms with Gasteiger partial charge in [-0.15, -0.1) is 0 Å². The molecule has 1 spiro atoms. The van der Waals surface area contributed by atoms with Crippen LogP contribution in [0.15, 0.2) is 21.2 Å². The highest BCUT2D eigenvalue weighted by Gasteiger charge is 2.49. The van der Waals surface area contributed by atoms with Crippen LogP contribution < -0.4 is 0 Å². The average molecular weight is 383 g/mol. The first kappa shape index (κ1) is 16.1. The Kier molecular flexibility index (Phi) is 4.56. The predicted molar refractivity (Wildman–Crippen MR) is 93.1 cm³/mol. The van der Waals surface area contributed by atoms with Gasteiger partial charge in [-0.2, -0.15) is 0 Å². The lowest BCUT2D eigenvalue weighted by molar-refractivity contribution is 0.0429. The Morgan fingerprint density at radius 2 is 2.04 bits per heavy atom. The second-order valence-corrected chi connectivity index (χ2v) is 8.52. The van der Waals surface area contributed by atoms with Gasteiger partial charge >= 0.3 is 0 Å². The molecule has 1 saturated carbocycles. The van der Waals surface area contributed by atoms with Crippen LogP contribution in [0.3, 0.4) is 0 Å². The van der Waals surface area contributed by atoms with Crippen LogP contribution in [0.2, 0.25) is 0 Å². The number of likely N-dealkylation sites (tertiary alicyclic amines) is 2. The first-order chi connectivity index (χ1) is 11.2. The van der Waals surface area contributed by atoms with E-state index in [-0.39, 0.29) is 0 Å². The molecular weight excluding hydrogens is 356 g/mol. The number of nitrogens with zero attached hydrogens (tertiary/aromatic N) is 2. The molecular formula is C18H27BrN2O2. The minimum absolute atomic E-state index is 0.352. The quantitative estimate of drug-likeness (QED) is 0.868. The molecule has 1 atom stereocenters. The summed E-state index contributed by atoms with van der Waals surface area (Å²) in [5, 5.41) is 9.92. The van der Waals surface area contributed by atoms with Gasteiger partial charge in [0, 0.05) is 31.7 Å². The molecule has 4 rings (SSSR count). The van der Waals surface area contributed by atoms with Gasteiger partial charge < -0.3 is 9.52 Å². The zero-order valence-electron chi connectivity index (χ0n) is 13.7. The normalized spacial score (nSPS) is 29.2. The molecule has 128 valence electrons. The number of furan rings is 1. The summed E-state index contributed by atoms with van der Waals surface area (Å²) >= 11 is 3.38. The molecule has 1 unspecified atom stereocenters. The van der Waals surface area contributed by atoms with Crippen LogP contribution in [0, 0.1) is 11.3 Å². The Morgan fingerprint density at radius 1 is 1.26 bits per heavy atom. The number of aliphatic hydroxyl groups is 1. The van der Waals surface area contributed by atoms with E-state index in [1.54, 1.807) is 0 Å². The topological polar surface area (TPSA) is 39.9 Å². The van der Waals surface area contributed by atoms with Gasteiger partial charge in [0.05, 0.1) is 6.54 Å². The summed E-state index contributed by atoms with van der Waals surface area (Å²) in [5.74, 6) is 1.51. The first-order valence-electron chi connectivity index (χ1n) is 9.00. The van der Waals surface area contributed by atoms with E-state index >= 15 is 0 Å². The van der Waals surface area contributed by atoms with E-state index in [1.165, 1.54) is 38.6 Å². The van der Waals surface area contributed by atoms with Crippen molar-refractivity contribution in [1.82, 2.24) is 9.80 Å². The standard InChI is InChI=1S/C18H27BrN2O2/c19-17-5-4-16(23-17)11-20-8-6-18(7-9-20)13-21(10-14(18)12-22)15-2-1-3-15/h4-5,14-15,22H,1-3,6-13H2. The third-order valence-corrected chi connectivity index (χ3v) is 6.94. The number of rotatable bonds is 4. The molecule has 1 aromatic heterocycles. The molecule has 5 heteroatoms. The zero-order valence-corrected chi connectivity index (χ0v) is 15.3. The fourth-order valence-corrected chi connectivity index (χ4v) is 5.08. The van der Waals surface area contributed by atoms with Crippen LogP contribution in [0.4, 0.5) is 0 Å². The fourth-order valence-electron chi connectivity index (χ4n) is 4.74. The van der Waals surface area contributed by atoms with E-state index < -0.39 is 0 Å². The number of hydrogen-bond acceptors (Lipinski definition) is 4. The Morgan fingerprint density at radius 3 is 2.61 bits per heavy atom. The minimum Gasteiger partial charge on any atom is -0.453 e. The van der Waals surface area contributed by atoms with Crippen LogP contribution >= 0.6 is 15.9 Å². The summed E-state index contributed by atoms with van der Waals surface area (Å²) in [6, 6.07) is 4.83. The third kappa shape index (κ3) is 3.13. The number of piperidine rings is 1. The van der Waals surface area contributed by atoms with Crippen molar-refractivity contribution >= 4 is 15.9 Å². The molecule has 2 saturated heterocycles. The van der Waals surface area contributed by atoms with E-state index in [4.69, 9.17) is 4.42 Å². The molecule has 3 aliphatic rings. The van der Waals surface area contributed by atoms with Crippen molar-refractivity contribution in [3.8, 4) is 0 Å². The fraction of sp³-hybridized carbons (Fsp3) is 0.778. The summed E-state index contributed by atoms with van der Waals surface area (Å²) in [4.78, 5) is 5.18. The van der Waals surface area contributed by atoms with Gasteiger partial charge in [-0.25, -0.2) is 0 Å². The molecule has 2 aliphatic heterocycles. The second kappa shape index (κ2) is 6.51. The van der Waals surface area contributed by atoms with Crippen LogP contribution in [0.25, 0.3) is 0 Å². The second-order valence-electron chi connectivity index (χ2n) is 7.74. The monoisotopic (exact) mass is 382 g/mol. The highest BCUT2D eigenvalue weighted by Crippen LogP contribution is 2.47. The van der Waals surface area contributed by atoms with Crippen LogP contribution in [-0.4, -0.2) is 53.7 Å². The van der Waals surface area contributed by atoms with E-state index in [1.807, 2.05) is 6.07 Å². The van der Waals surface area contributed by atoms with Gasteiger partial charge in [0.2, 0.25) is 0 Å². The van der Waals surface area contributed by atoms with E-state index in [0.29, 0.717) is 17.9 Å². The van der Waals surface area contributed by atoms with E-state index in [0.717, 1.165) is 42.7 Å². The first-order valence-corrected chi connectivity index (χ1v) is 9.79. The van der Waals surface area contributed by atoms with Crippen molar-refractivity contribution < 1.29 is 9.52 Å². The molecule has 23 heavy (non-hydrogen) atoms. The average Bonchev–Trinajstić information content (AvgIpc) is 3.04. The summed E-state index contributed by atoms with van der Waals surface area (Å²) in [7, 11) is 0. The number of halogens is 1. The van der Waals surface area contributed by atoms with Gasteiger partial charge in [0.15, 0.2) is 4.67 Å². The Bertz CT molecular complexity index is 535. The lowest BCUT2D eigenvalue weighted by Crippen LogP contribution is -2.45. The SMILES string of the molecule is OCC1CN(C2CCC2)CC12CCN(Cc1ccc(Br)o1)CC2. The molecule has 0 radical (unpaired) electrons. The predicted octanol–water partition coefficient (Wildman–Crippen LogP) is 3.10. The van der Waals surface area contributed by atoms with Crippen molar-refractivity contribution in [1.29, 1.82) is 0 Å². The smallest absolute Gasteiger partial charge is 0.169 e. The van der Waals surface area contributed by atoms with Gasteiger partial charge in [-0.1, -0.05) is 6.42 Å². The van der Waals surface area contributed by atoms with Gasteiger partial charge in [-0.05, 0) is 72.3 Å². The minimum atomic E-state index is 0.352. The Hall–Kier alpha value is -0.360. The van der Waals surface area contributed by atoms with Gasteiger partial charge in [-0.3, -0.25) is 9.80 Å². The molecule has 1 aliphatic carbocycles. The van der Waals surface area contributed by atoms with Crippen molar-refractivity contribution in [3.63, 3.8) is 0 Å². The number of hydrogen-bond donors (Lipinski definition) is 1. The molecule has 1 N–H and O–H groups in total. The molecule has 0 amide bonds. The molecule has 3 fully saturated rings. The lowest BCUT2D eigenvalue weighted by Gasteiger charge is -2.43. The Balaban J connectivity index is 1.37. The van der Waals surface area contributed by atoms with Crippen LogP contribution in [0.1, 0.15) is 37.9 Å². The maximum absolute atomic E-state index is 9.92. The summed E-state index contributed by atoms with van der Waals surface area (Å²) in [6.07, 6.45) is 6.55. The number of aliphatic hydroxyl groups excluding tert-OH is 1. The van der Waals surface area contributed by atoms with Crippen molar-refractivity contribution in [2.45, 2.75) is 44.7 Å². The van der Waals surface area contributed by atoms with Crippen LogP contribution in [-0.2, 0) is 6.54 Å². The van der Waals surface area contributed by atoms with Gasteiger partial charge in [0.25, 0.3) is 0 Å². The third-order valence-electron chi connectivity index (χ3n) is 6.51. The van der Waals surface area contributed by atoms with E-state index in [2.05, 4.69) is 31.8 Å². The molecule has 0 aromatic carbocycles. The Labute approximate surface area is 146 Å². The highest BCUT2D eigenvalue weighted by atomic mass is 79.9. The molecule has 3 heterocycles. The largest absolute Gasteiger partial charge is 0.453 e. The maximum Gasteiger partial charge on any atom is 0.169 e. The van der Waals surface area contributed by atoms with Crippen molar-refractivity contribution in [2.24, 2.45) is 11.3 Å². The summed E-state index contributed by atoms with van der Waals surface area (Å²) in [5.41, 5.74) is 0.352.